The van der Waals surface area contributed by atoms with Crippen LogP contribution >= 0.6 is 0 Å². The Morgan fingerprint density at radius 2 is 2.14 bits per heavy atom. The van der Waals surface area contributed by atoms with Crippen LogP contribution in [-0.4, -0.2) is 59.5 Å². The van der Waals surface area contributed by atoms with Gasteiger partial charge in [-0.3, -0.25) is 4.79 Å². The van der Waals surface area contributed by atoms with Crippen LogP contribution in [0.2, 0.25) is 0 Å². The number of nitriles is 1. The molecule has 2 aliphatic heterocycles. The number of benzene rings is 1. The second-order valence-corrected chi connectivity index (χ2v) is 8.43. The summed E-state index contributed by atoms with van der Waals surface area (Å²) in [7, 11) is 0. The van der Waals surface area contributed by atoms with E-state index in [1.807, 2.05) is 0 Å². The summed E-state index contributed by atoms with van der Waals surface area (Å²) in [5.74, 6) is 0.374. The number of anilines is 1. The first-order valence-electron chi connectivity index (χ1n) is 9.83. The van der Waals surface area contributed by atoms with Gasteiger partial charge in [0.25, 0.3) is 5.91 Å². The van der Waals surface area contributed by atoms with Crippen molar-refractivity contribution in [3.05, 3.63) is 23.8 Å². The highest BCUT2D eigenvalue weighted by molar-refractivity contribution is 5.98. The Labute approximate surface area is 170 Å². The molecule has 1 fully saturated rings. The number of nitrogens with zero attached hydrogens (tertiary/aromatic N) is 3. The van der Waals surface area contributed by atoms with Crippen molar-refractivity contribution in [3.63, 3.8) is 0 Å². The zero-order valence-corrected chi connectivity index (χ0v) is 17.1. The van der Waals surface area contributed by atoms with E-state index in [4.69, 9.17) is 14.7 Å². The zero-order valence-electron chi connectivity index (χ0n) is 17.1. The number of aliphatic hydroxyl groups excluding tert-OH is 1. The fourth-order valence-electron chi connectivity index (χ4n) is 3.65. The van der Waals surface area contributed by atoms with Crippen molar-refractivity contribution < 1.29 is 24.2 Å². The molecule has 0 unspecified atom stereocenters. The molecule has 156 valence electrons. The van der Waals surface area contributed by atoms with Gasteiger partial charge in [-0.1, -0.05) is 0 Å². The standard InChI is InChI=1S/C21H27N3O5/c1-21(2,3)29-20(27)24-12-16(25)6-5-15(24)8-9-23-17-10-14(11-22)4-7-18(17)28-13-19(23)26/h4,7,10,15-16,25H,5-6,8-9,12-13H2,1-3H3/t15-,16-/m1/s1. The summed E-state index contributed by atoms with van der Waals surface area (Å²) < 4.78 is 11.0. The number of hydrogen-bond acceptors (Lipinski definition) is 6. The van der Waals surface area contributed by atoms with Crippen LogP contribution in [0, 0.1) is 11.3 Å². The molecule has 1 aromatic carbocycles. The van der Waals surface area contributed by atoms with Crippen molar-refractivity contribution in [1.82, 2.24) is 4.90 Å². The molecule has 8 heteroatoms. The Balaban J connectivity index is 1.74. The Bertz CT molecular complexity index is 827. The molecule has 1 aromatic rings. The van der Waals surface area contributed by atoms with Gasteiger partial charge in [0.1, 0.15) is 11.4 Å². The van der Waals surface area contributed by atoms with Crippen molar-refractivity contribution in [2.75, 3.05) is 24.6 Å². The Morgan fingerprint density at radius 1 is 1.38 bits per heavy atom. The molecule has 1 saturated heterocycles. The van der Waals surface area contributed by atoms with E-state index in [0.29, 0.717) is 42.8 Å². The van der Waals surface area contributed by atoms with E-state index < -0.39 is 17.8 Å². The molecule has 0 bridgehead atoms. The monoisotopic (exact) mass is 401 g/mol. The number of amides is 2. The molecule has 29 heavy (non-hydrogen) atoms. The smallest absolute Gasteiger partial charge is 0.410 e. The van der Waals surface area contributed by atoms with E-state index in [1.54, 1.807) is 48.8 Å². The third kappa shape index (κ3) is 4.98. The highest BCUT2D eigenvalue weighted by atomic mass is 16.6. The Hall–Kier alpha value is -2.79. The van der Waals surface area contributed by atoms with Crippen LogP contribution in [0.5, 0.6) is 5.75 Å². The lowest BCUT2D eigenvalue weighted by atomic mass is 9.97. The van der Waals surface area contributed by atoms with Gasteiger partial charge in [0.15, 0.2) is 6.61 Å². The lowest BCUT2D eigenvalue weighted by molar-refractivity contribution is -0.121. The van der Waals surface area contributed by atoms with E-state index in [1.165, 1.54) is 0 Å². The van der Waals surface area contributed by atoms with Crippen molar-refractivity contribution in [2.24, 2.45) is 0 Å². The molecule has 0 saturated carbocycles. The maximum Gasteiger partial charge on any atom is 0.410 e. The van der Waals surface area contributed by atoms with Crippen LogP contribution in [-0.2, 0) is 9.53 Å². The Morgan fingerprint density at radius 3 is 2.83 bits per heavy atom. The number of fused-ring (bicyclic) bond motifs is 1. The predicted octanol–water partition coefficient (Wildman–Crippen LogP) is 2.43. The molecule has 8 nitrogen and oxygen atoms in total. The minimum Gasteiger partial charge on any atom is -0.482 e. The maximum atomic E-state index is 12.6. The summed E-state index contributed by atoms with van der Waals surface area (Å²) in [6, 6.07) is 6.91. The summed E-state index contributed by atoms with van der Waals surface area (Å²) in [6.45, 7) is 5.94. The van der Waals surface area contributed by atoms with E-state index in [9.17, 15) is 14.7 Å². The highest BCUT2D eigenvalue weighted by Gasteiger charge is 2.35. The predicted molar refractivity (Wildman–Crippen MR) is 106 cm³/mol. The number of ether oxygens (including phenoxy) is 2. The largest absolute Gasteiger partial charge is 0.482 e. The number of rotatable bonds is 3. The van der Waals surface area contributed by atoms with E-state index in [0.717, 1.165) is 0 Å². The summed E-state index contributed by atoms with van der Waals surface area (Å²) >= 11 is 0. The Kier molecular flexibility index (Phi) is 5.99. The van der Waals surface area contributed by atoms with Crippen LogP contribution in [0.1, 0.15) is 45.6 Å². The van der Waals surface area contributed by atoms with Crippen LogP contribution in [0.4, 0.5) is 10.5 Å². The number of piperidine rings is 1. The fraction of sp³-hybridized carbons (Fsp3) is 0.571. The van der Waals surface area contributed by atoms with E-state index in [2.05, 4.69) is 6.07 Å². The first kappa shape index (κ1) is 20.9. The van der Waals surface area contributed by atoms with Crippen LogP contribution in [0.3, 0.4) is 0 Å². The molecule has 2 heterocycles. The average Bonchev–Trinajstić information content (AvgIpc) is 2.66. The van der Waals surface area contributed by atoms with Crippen molar-refractivity contribution >= 4 is 17.7 Å². The molecule has 0 aromatic heterocycles. The number of β-amino-alcohol motifs (C(OH)–C–C–N with tert-alkyl or cyclic N) is 1. The second kappa shape index (κ2) is 8.29. The number of carbonyl (C=O) groups excluding carboxylic acids is 2. The number of hydrogen-bond donors (Lipinski definition) is 1. The number of likely N-dealkylation sites (tertiary alicyclic amines) is 1. The third-order valence-electron chi connectivity index (χ3n) is 5.03. The van der Waals surface area contributed by atoms with Gasteiger partial charge in [0.2, 0.25) is 0 Å². The van der Waals surface area contributed by atoms with E-state index in [-0.39, 0.29) is 25.1 Å². The van der Waals surface area contributed by atoms with Crippen LogP contribution in [0.25, 0.3) is 0 Å². The lowest BCUT2D eigenvalue weighted by Crippen LogP contribution is -2.51. The number of carbonyl (C=O) groups is 2. The summed E-state index contributed by atoms with van der Waals surface area (Å²) in [5.41, 5.74) is 0.389. The average molecular weight is 401 g/mol. The lowest BCUT2D eigenvalue weighted by Gasteiger charge is -2.40. The van der Waals surface area contributed by atoms with Gasteiger partial charge in [-0.2, -0.15) is 5.26 Å². The molecule has 0 aliphatic carbocycles. The van der Waals surface area contributed by atoms with E-state index >= 15 is 0 Å². The molecule has 2 amide bonds. The van der Waals surface area contributed by atoms with Gasteiger partial charge in [0, 0.05) is 12.6 Å². The van der Waals surface area contributed by atoms with Gasteiger partial charge in [-0.05, 0) is 58.2 Å². The van der Waals surface area contributed by atoms with Gasteiger partial charge in [-0.15, -0.1) is 0 Å². The highest BCUT2D eigenvalue weighted by Crippen LogP contribution is 2.33. The minimum absolute atomic E-state index is 0.0575. The van der Waals surface area contributed by atoms with Crippen molar-refractivity contribution in [3.8, 4) is 11.8 Å². The topological polar surface area (TPSA) is 103 Å². The molecule has 1 N–H and O–H groups in total. The molecule has 2 aliphatic rings. The van der Waals surface area contributed by atoms with Gasteiger partial charge in [0.05, 0.1) is 30.0 Å². The molecular weight excluding hydrogens is 374 g/mol. The molecule has 0 radical (unpaired) electrons. The summed E-state index contributed by atoms with van der Waals surface area (Å²) in [5, 5.41) is 19.2. The number of aliphatic hydroxyl groups is 1. The summed E-state index contributed by atoms with van der Waals surface area (Å²) in [6.07, 6.45) is 0.721. The van der Waals surface area contributed by atoms with Gasteiger partial charge < -0.3 is 24.4 Å². The quantitative estimate of drug-likeness (QED) is 0.834. The van der Waals surface area contributed by atoms with Crippen molar-refractivity contribution in [2.45, 2.75) is 57.8 Å². The summed E-state index contributed by atoms with van der Waals surface area (Å²) in [4.78, 5) is 28.3. The molecular formula is C21H27N3O5. The van der Waals surface area contributed by atoms with Gasteiger partial charge in [-0.25, -0.2) is 4.79 Å². The van der Waals surface area contributed by atoms with Crippen molar-refractivity contribution in [1.29, 1.82) is 5.26 Å². The third-order valence-corrected chi connectivity index (χ3v) is 5.03. The second-order valence-electron chi connectivity index (χ2n) is 8.43. The normalized spacial score (nSPS) is 21.8. The minimum atomic E-state index is -0.628. The zero-order chi connectivity index (χ0) is 21.2. The first-order chi connectivity index (χ1) is 13.7. The van der Waals surface area contributed by atoms with Crippen LogP contribution < -0.4 is 9.64 Å². The molecule has 2 atom stereocenters. The fourth-order valence-corrected chi connectivity index (χ4v) is 3.65. The SMILES string of the molecule is CC(C)(C)OC(=O)N1C[C@H](O)CC[C@@H]1CCN1C(=O)COc2ccc(C#N)cc21. The first-order valence-corrected chi connectivity index (χ1v) is 9.83. The molecule has 3 rings (SSSR count). The maximum absolute atomic E-state index is 12.6. The molecule has 0 spiro atoms. The van der Waals surface area contributed by atoms with Crippen LogP contribution in [0.15, 0.2) is 18.2 Å². The van der Waals surface area contributed by atoms with Gasteiger partial charge >= 0.3 is 6.09 Å².